The Hall–Kier alpha value is -1.25. The highest BCUT2D eigenvalue weighted by molar-refractivity contribution is 5.91. The van der Waals surface area contributed by atoms with Crippen molar-refractivity contribution in [3.63, 3.8) is 0 Å². The van der Waals surface area contributed by atoms with E-state index in [0.717, 1.165) is 12.8 Å². The van der Waals surface area contributed by atoms with Gasteiger partial charge in [-0.25, -0.2) is 0 Å². The monoisotopic (exact) mass is 221 g/mol. The van der Waals surface area contributed by atoms with Gasteiger partial charge in [-0.1, -0.05) is 25.7 Å². The summed E-state index contributed by atoms with van der Waals surface area (Å²) < 4.78 is 5.15. The smallest absolute Gasteiger partial charge is 0.289 e. The van der Waals surface area contributed by atoms with Crippen molar-refractivity contribution in [3.8, 4) is 0 Å². The van der Waals surface area contributed by atoms with E-state index in [9.17, 15) is 4.79 Å². The van der Waals surface area contributed by atoms with Crippen LogP contribution in [0, 0.1) is 0 Å². The Bertz CT molecular complexity index is 324. The molecular weight excluding hydrogens is 202 g/mol. The minimum atomic E-state index is 0.0110. The minimum absolute atomic E-state index is 0.0110. The van der Waals surface area contributed by atoms with Crippen LogP contribution in [0.15, 0.2) is 22.8 Å². The lowest BCUT2D eigenvalue weighted by molar-refractivity contribution is 0.0685. The lowest BCUT2D eigenvalue weighted by atomic mass is 10.1. The van der Waals surface area contributed by atoms with Gasteiger partial charge in [-0.2, -0.15) is 0 Å². The molecule has 1 saturated carbocycles. The molecule has 1 fully saturated rings. The summed E-state index contributed by atoms with van der Waals surface area (Å²) in [7, 11) is 1.89. The van der Waals surface area contributed by atoms with Crippen molar-refractivity contribution < 1.29 is 9.21 Å². The molecule has 1 aliphatic carbocycles. The molecule has 0 bridgehead atoms. The van der Waals surface area contributed by atoms with Gasteiger partial charge in [0.1, 0.15) is 0 Å². The van der Waals surface area contributed by atoms with Crippen LogP contribution in [-0.4, -0.2) is 23.9 Å². The Kier molecular flexibility index (Phi) is 3.65. The molecule has 16 heavy (non-hydrogen) atoms. The molecule has 0 unspecified atom stereocenters. The third-order valence-electron chi connectivity index (χ3n) is 3.42. The SMILES string of the molecule is CN(C(=O)c1ccco1)C1CCCCCC1. The number of nitrogens with zero attached hydrogens (tertiary/aromatic N) is 1. The molecule has 0 saturated heterocycles. The normalized spacial score (nSPS) is 18.1. The van der Waals surface area contributed by atoms with E-state index in [0.29, 0.717) is 11.8 Å². The lowest BCUT2D eigenvalue weighted by Crippen LogP contribution is -2.36. The number of rotatable bonds is 2. The van der Waals surface area contributed by atoms with E-state index in [1.165, 1.54) is 25.7 Å². The Morgan fingerprint density at radius 2 is 2.00 bits per heavy atom. The van der Waals surface area contributed by atoms with Gasteiger partial charge in [-0.05, 0) is 25.0 Å². The van der Waals surface area contributed by atoms with Gasteiger partial charge in [0.2, 0.25) is 0 Å². The fourth-order valence-corrected chi connectivity index (χ4v) is 2.38. The second-order valence-corrected chi connectivity index (χ2v) is 4.54. The predicted octanol–water partition coefficient (Wildman–Crippen LogP) is 3.07. The minimum Gasteiger partial charge on any atom is -0.459 e. The Balaban J connectivity index is 2.00. The zero-order valence-electron chi connectivity index (χ0n) is 9.82. The van der Waals surface area contributed by atoms with E-state index in [2.05, 4.69) is 0 Å². The van der Waals surface area contributed by atoms with Crippen molar-refractivity contribution in [2.45, 2.75) is 44.6 Å². The molecule has 1 aliphatic rings. The molecule has 3 nitrogen and oxygen atoms in total. The summed E-state index contributed by atoms with van der Waals surface area (Å²) in [5.41, 5.74) is 0. The topological polar surface area (TPSA) is 33.5 Å². The highest BCUT2D eigenvalue weighted by Crippen LogP contribution is 2.22. The first-order chi connectivity index (χ1) is 7.79. The van der Waals surface area contributed by atoms with Crippen molar-refractivity contribution in [3.05, 3.63) is 24.2 Å². The van der Waals surface area contributed by atoms with Gasteiger partial charge < -0.3 is 9.32 Å². The summed E-state index contributed by atoms with van der Waals surface area (Å²) in [5, 5.41) is 0. The average molecular weight is 221 g/mol. The highest BCUT2D eigenvalue weighted by atomic mass is 16.3. The van der Waals surface area contributed by atoms with Crippen LogP contribution in [0.3, 0.4) is 0 Å². The Morgan fingerprint density at radius 3 is 2.56 bits per heavy atom. The molecule has 1 amide bonds. The van der Waals surface area contributed by atoms with Crippen molar-refractivity contribution in [2.75, 3.05) is 7.05 Å². The zero-order chi connectivity index (χ0) is 11.4. The standard InChI is InChI=1S/C13H19NO2/c1-14(11-7-4-2-3-5-8-11)13(15)12-9-6-10-16-12/h6,9-11H,2-5,7-8H2,1H3. The van der Waals surface area contributed by atoms with E-state index in [-0.39, 0.29) is 5.91 Å². The van der Waals surface area contributed by atoms with Gasteiger partial charge in [0.05, 0.1) is 6.26 Å². The average Bonchev–Trinajstić information content (AvgIpc) is 2.70. The van der Waals surface area contributed by atoms with Crippen LogP contribution in [0.25, 0.3) is 0 Å². The van der Waals surface area contributed by atoms with Gasteiger partial charge in [-0.15, -0.1) is 0 Å². The molecule has 2 rings (SSSR count). The summed E-state index contributed by atoms with van der Waals surface area (Å²) in [5.74, 6) is 0.462. The van der Waals surface area contributed by atoms with Gasteiger partial charge in [0, 0.05) is 13.1 Å². The fourth-order valence-electron chi connectivity index (χ4n) is 2.38. The largest absolute Gasteiger partial charge is 0.459 e. The van der Waals surface area contributed by atoms with E-state index >= 15 is 0 Å². The number of carbonyl (C=O) groups excluding carboxylic acids is 1. The number of hydrogen-bond acceptors (Lipinski definition) is 2. The van der Waals surface area contributed by atoms with Gasteiger partial charge in [0.25, 0.3) is 5.91 Å². The van der Waals surface area contributed by atoms with Gasteiger partial charge in [-0.3, -0.25) is 4.79 Å². The highest BCUT2D eigenvalue weighted by Gasteiger charge is 2.23. The second kappa shape index (κ2) is 5.19. The van der Waals surface area contributed by atoms with Crippen LogP contribution in [0.2, 0.25) is 0 Å². The Labute approximate surface area is 96.4 Å². The summed E-state index contributed by atoms with van der Waals surface area (Å²) in [4.78, 5) is 13.9. The molecule has 0 atom stereocenters. The van der Waals surface area contributed by atoms with Crippen LogP contribution in [0.1, 0.15) is 49.1 Å². The third-order valence-corrected chi connectivity index (χ3v) is 3.42. The molecule has 1 aromatic heterocycles. The fraction of sp³-hybridized carbons (Fsp3) is 0.615. The van der Waals surface area contributed by atoms with Crippen molar-refractivity contribution in [1.29, 1.82) is 0 Å². The van der Waals surface area contributed by atoms with Crippen LogP contribution >= 0.6 is 0 Å². The van der Waals surface area contributed by atoms with E-state index in [1.54, 1.807) is 18.4 Å². The maximum atomic E-state index is 12.0. The number of hydrogen-bond donors (Lipinski definition) is 0. The molecule has 0 aliphatic heterocycles. The molecule has 88 valence electrons. The van der Waals surface area contributed by atoms with Crippen molar-refractivity contribution >= 4 is 5.91 Å². The van der Waals surface area contributed by atoms with E-state index in [1.807, 2.05) is 11.9 Å². The zero-order valence-corrected chi connectivity index (χ0v) is 9.82. The Morgan fingerprint density at radius 1 is 1.31 bits per heavy atom. The van der Waals surface area contributed by atoms with Crippen LogP contribution in [0.4, 0.5) is 0 Å². The second-order valence-electron chi connectivity index (χ2n) is 4.54. The lowest BCUT2D eigenvalue weighted by Gasteiger charge is -2.26. The molecule has 1 heterocycles. The van der Waals surface area contributed by atoms with Crippen LogP contribution in [0.5, 0.6) is 0 Å². The molecule has 0 aromatic carbocycles. The first-order valence-electron chi connectivity index (χ1n) is 6.09. The third kappa shape index (κ3) is 2.46. The summed E-state index contributed by atoms with van der Waals surface area (Å²) in [6, 6.07) is 3.88. The maximum Gasteiger partial charge on any atom is 0.289 e. The van der Waals surface area contributed by atoms with E-state index < -0.39 is 0 Å². The summed E-state index contributed by atoms with van der Waals surface area (Å²) in [6.45, 7) is 0. The quantitative estimate of drug-likeness (QED) is 0.719. The van der Waals surface area contributed by atoms with Crippen LogP contribution < -0.4 is 0 Å². The molecule has 0 radical (unpaired) electrons. The number of furan rings is 1. The van der Waals surface area contributed by atoms with Crippen LogP contribution in [-0.2, 0) is 0 Å². The number of amides is 1. The molecule has 3 heteroatoms. The first kappa shape index (κ1) is 11.2. The number of carbonyl (C=O) groups is 1. The molecular formula is C13H19NO2. The predicted molar refractivity (Wildman–Crippen MR) is 62.3 cm³/mol. The summed E-state index contributed by atoms with van der Waals surface area (Å²) >= 11 is 0. The van der Waals surface area contributed by atoms with Gasteiger partial charge >= 0.3 is 0 Å². The molecule has 0 N–H and O–H groups in total. The first-order valence-corrected chi connectivity index (χ1v) is 6.09. The van der Waals surface area contributed by atoms with Gasteiger partial charge in [0.15, 0.2) is 5.76 Å². The summed E-state index contributed by atoms with van der Waals surface area (Å²) in [6.07, 6.45) is 8.89. The van der Waals surface area contributed by atoms with E-state index in [4.69, 9.17) is 4.42 Å². The van der Waals surface area contributed by atoms with Crippen molar-refractivity contribution in [2.24, 2.45) is 0 Å². The molecule has 0 spiro atoms. The maximum absolute atomic E-state index is 12.0. The molecule has 1 aromatic rings. The van der Waals surface area contributed by atoms with Crippen molar-refractivity contribution in [1.82, 2.24) is 4.90 Å².